The molecule has 1 heterocycles. The highest BCUT2D eigenvalue weighted by Gasteiger charge is 2.18. The van der Waals surface area contributed by atoms with Crippen LogP contribution in [-0.4, -0.2) is 16.9 Å². The number of rotatable bonds is 2. The summed E-state index contributed by atoms with van der Waals surface area (Å²) in [5, 5.41) is 0.00413. The van der Waals surface area contributed by atoms with Gasteiger partial charge in [0.2, 0.25) is 0 Å². The number of carbonyl (C=O) groups excluding carboxylic acids is 2. The standard InChI is InChI=1S/C14H9ClFNO3/c1-8(18)20-14(19)11-7-13(16)10(6-12(11)15)9-2-4-17-5-3-9/h2-7H,1H3. The summed E-state index contributed by atoms with van der Waals surface area (Å²) in [7, 11) is 0. The first-order valence-corrected chi connectivity index (χ1v) is 5.99. The van der Waals surface area contributed by atoms with E-state index in [9.17, 15) is 14.0 Å². The van der Waals surface area contributed by atoms with Crippen molar-refractivity contribution in [2.24, 2.45) is 0 Å². The van der Waals surface area contributed by atoms with Gasteiger partial charge in [-0.2, -0.15) is 0 Å². The number of hydrogen-bond acceptors (Lipinski definition) is 4. The molecule has 0 bridgehead atoms. The minimum Gasteiger partial charge on any atom is -0.390 e. The summed E-state index contributed by atoms with van der Waals surface area (Å²) in [6.45, 7) is 1.08. The fraction of sp³-hybridized carbons (Fsp3) is 0.0714. The summed E-state index contributed by atoms with van der Waals surface area (Å²) in [6, 6.07) is 5.48. The van der Waals surface area contributed by atoms with E-state index >= 15 is 0 Å². The number of benzene rings is 1. The molecular formula is C14H9ClFNO3. The molecule has 1 aromatic heterocycles. The van der Waals surface area contributed by atoms with Crippen LogP contribution in [0.4, 0.5) is 4.39 Å². The molecule has 4 nitrogen and oxygen atoms in total. The molecule has 2 aromatic rings. The van der Waals surface area contributed by atoms with Gasteiger partial charge in [0.1, 0.15) is 5.82 Å². The average Bonchev–Trinajstić information content (AvgIpc) is 2.41. The molecule has 0 fully saturated rings. The van der Waals surface area contributed by atoms with E-state index < -0.39 is 17.8 Å². The van der Waals surface area contributed by atoms with Crippen LogP contribution >= 0.6 is 11.6 Å². The minimum atomic E-state index is -0.984. The van der Waals surface area contributed by atoms with E-state index in [1.165, 1.54) is 18.5 Å². The Bertz CT molecular complexity index is 674. The van der Waals surface area contributed by atoms with E-state index in [1.807, 2.05) is 0 Å². The Morgan fingerprint density at radius 2 is 1.90 bits per heavy atom. The van der Waals surface area contributed by atoms with Crippen LogP contribution in [0.15, 0.2) is 36.7 Å². The van der Waals surface area contributed by atoms with E-state index in [-0.39, 0.29) is 16.1 Å². The molecule has 0 saturated heterocycles. The van der Waals surface area contributed by atoms with E-state index in [0.717, 1.165) is 13.0 Å². The highest BCUT2D eigenvalue weighted by Crippen LogP contribution is 2.28. The van der Waals surface area contributed by atoms with Gasteiger partial charge in [-0.1, -0.05) is 11.6 Å². The van der Waals surface area contributed by atoms with E-state index in [1.54, 1.807) is 12.1 Å². The number of halogens is 2. The molecule has 0 saturated carbocycles. The van der Waals surface area contributed by atoms with E-state index in [0.29, 0.717) is 5.56 Å². The summed E-state index contributed by atoms with van der Waals surface area (Å²) in [4.78, 5) is 26.1. The van der Waals surface area contributed by atoms with Gasteiger partial charge in [-0.05, 0) is 29.8 Å². The minimum absolute atomic E-state index is 0.00413. The van der Waals surface area contributed by atoms with Crippen LogP contribution in [0.3, 0.4) is 0 Å². The Hall–Kier alpha value is -2.27. The highest BCUT2D eigenvalue weighted by atomic mass is 35.5. The number of carbonyl (C=O) groups is 2. The molecule has 1 aromatic carbocycles. The largest absolute Gasteiger partial charge is 0.390 e. The lowest BCUT2D eigenvalue weighted by atomic mass is 10.0. The summed E-state index contributed by atoms with van der Waals surface area (Å²) in [5.41, 5.74) is 0.611. The fourth-order valence-corrected chi connectivity index (χ4v) is 1.88. The Morgan fingerprint density at radius 3 is 2.50 bits per heavy atom. The molecule has 0 unspecified atom stereocenters. The van der Waals surface area contributed by atoms with Crippen molar-refractivity contribution in [1.29, 1.82) is 0 Å². The highest BCUT2D eigenvalue weighted by molar-refractivity contribution is 6.34. The zero-order chi connectivity index (χ0) is 14.7. The molecule has 102 valence electrons. The number of esters is 2. The van der Waals surface area contributed by atoms with Gasteiger partial charge in [-0.15, -0.1) is 0 Å². The van der Waals surface area contributed by atoms with Gasteiger partial charge in [-0.3, -0.25) is 9.78 Å². The number of aromatic nitrogens is 1. The maximum absolute atomic E-state index is 14.0. The third kappa shape index (κ3) is 3.00. The van der Waals surface area contributed by atoms with Crippen LogP contribution in [0.5, 0.6) is 0 Å². The second-order valence-electron chi connectivity index (χ2n) is 3.93. The van der Waals surface area contributed by atoms with Gasteiger partial charge in [0.25, 0.3) is 0 Å². The van der Waals surface area contributed by atoms with Crippen molar-refractivity contribution in [2.45, 2.75) is 6.92 Å². The fourth-order valence-electron chi connectivity index (χ4n) is 1.64. The molecule has 0 aliphatic carbocycles. The van der Waals surface area contributed by atoms with Crippen molar-refractivity contribution in [3.63, 3.8) is 0 Å². The van der Waals surface area contributed by atoms with Crippen LogP contribution in [0.25, 0.3) is 11.1 Å². The molecule has 0 aliphatic heterocycles. The lowest BCUT2D eigenvalue weighted by molar-refractivity contribution is -0.135. The zero-order valence-electron chi connectivity index (χ0n) is 10.4. The van der Waals surface area contributed by atoms with Crippen LogP contribution in [0.2, 0.25) is 5.02 Å². The van der Waals surface area contributed by atoms with Gasteiger partial charge < -0.3 is 4.74 Å². The van der Waals surface area contributed by atoms with Crippen molar-refractivity contribution in [1.82, 2.24) is 4.98 Å². The van der Waals surface area contributed by atoms with Crippen molar-refractivity contribution < 1.29 is 18.7 Å². The Labute approximate surface area is 119 Å². The summed E-state index contributed by atoms with van der Waals surface area (Å²) < 4.78 is 18.4. The lowest BCUT2D eigenvalue weighted by Gasteiger charge is -2.08. The quantitative estimate of drug-likeness (QED) is 0.630. The third-order valence-corrected chi connectivity index (χ3v) is 2.82. The Balaban J connectivity index is 2.44. The van der Waals surface area contributed by atoms with Gasteiger partial charge in [-0.25, -0.2) is 9.18 Å². The van der Waals surface area contributed by atoms with Crippen molar-refractivity contribution in [3.05, 3.63) is 53.1 Å². The summed E-state index contributed by atoms with van der Waals surface area (Å²) in [5.74, 6) is -2.41. The lowest BCUT2D eigenvalue weighted by Crippen LogP contribution is -2.10. The van der Waals surface area contributed by atoms with Crippen molar-refractivity contribution in [2.75, 3.05) is 0 Å². The summed E-state index contributed by atoms with van der Waals surface area (Å²) >= 11 is 5.94. The predicted octanol–water partition coefficient (Wildman–Crippen LogP) is 3.24. The van der Waals surface area contributed by atoms with Crippen LogP contribution in [0, 0.1) is 5.82 Å². The predicted molar refractivity (Wildman–Crippen MR) is 70.7 cm³/mol. The molecular weight excluding hydrogens is 285 g/mol. The molecule has 0 spiro atoms. The zero-order valence-corrected chi connectivity index (χ0v) is 11.1. The first kappa shape index (κ1) is 14.1. The molecule has 0 radical (unpaired) electrons. The molecule has 2 rings (SSSR count). The van der Waals surface area contributed by atoms with E-state index in [2.05, 4.69) is 9.72 Å². The number of ether oxygens (including phenoxy) is 1. The normalized spacial score (nSPS) is 10.2. The van der Waals surface area contributed by atoms with Crippen LogP contribution < -0.4 is 0 Å². The maximum atomic E-state index is 14.0. The first-order chi connectivity index (χ1) is 9.49. The summed E-state index contributed by atoms with van der Waals surface area (Å²) in [6.07, 6.45) is 3.03. The number of nitrogens with zero attached hydrogens (tertiary/aromatic N) is 1. The van der Waals surface area contributed by atoms with Gasteiger partial charge >= 0.3 is 11.9 Å². The monoisotopic (exact) mass is 293 g/mol. The molecule has 0 amide bonds. The Kier molecular flexibility index (Phi) is 4.10. The van der Waals surface area contributed by atoms with Crippen molar-refractivity contribution >= 4 is 23.5 Å². The molecule has 0 N–H and O–H groups in total. The molecule has 0 aliphatic rings. The molecule has 20 heavy (non-hydrogen) atoms. The van der Waals surface area contributed by atoms with Crippen molar-refractivity contribution in [3.8, 4) is 11.1 Å². The van der Waals surface area contributed by atoms with Crippen LogP contribution in [0.1, 0.15) is 17.3 Å². The topological polar surface area (TPSA) is 56.3 Å². The van der Waals surface area contributed by atoms with Gasteiger partial charge in [0.15, 0.2) is 0 Å². The smallest absolute Gasteiger partial charge is 0.347 e. The van der Waals surface area contributed by atoms with Crippen LogP contribution in [-0.2, 0) is 9.53 Å². The number of pyridine rings is 1. The second-order valence-corrected chi connectivity index (χ2v) is 4.34. The van der Waals surface area contributed by atoms with Gasteiger partial charge in [0.05, 0.1) is 10.6 Å². The molecule has 6 heteroatoms. The number of hydrogen-bond donors (Lipinski definition) is 0. The molecule has 0 atom stereocenters. The second kappa shape index (κ2) is 5.79. The Morgan fingerprint density at radius 1 is 1.25 bits per heavy atom. The van der Waals surface area contributed by atoms with E-state index in [4.69, 9.17) is 11.6 Å². The SMILES string of the molecule is CC(=O)OC(=O)c1cc(F)c(-c2ccncc2)cc1Cl. The van der Waals surface area contributed by atoms with Gasteiger partial charge in [0, 0.05) is 24.9 Å². The third-order valence-electron chi connectivity index (χ3n) is 2.50. The average molecular weight is 294 g/mol. The first-order valence-electron chi connectivity index (χ1n) is 5.61. The maximum Gasteiger partial charge on any atom is 0.347 e.